The van der Waals surface area contributed by atoms with Crippen LogP contribution in [0.1, 0.15) is 38.8 Å². The van der Waals surface area contributed by atoms with Crippen LogP contribution in [0.25, 0.3) is 10.8 Å². The first-order valence-corrected chi connectivity index (χ1v) is 7.40. The van der Waals surface area contributed by atoms with Crippen molar-refractivity contribution in [2.24, 2.45) is 0 Å². The average Bonchev–Trinajstić information content (AvgIpc) is 2.47. The number of benzene rings is 1. The average molecular weight is 272 g/mol. The lowest BCUT2D eigenvalue weighted by molar-refractivity contribution is 0.0614. The molecule has 1 heterocycles. The fourth-order valence-electron chi connectivity index (χ4n) is 2.32. The molecule has 1 unspecified atom stereocenters. The molecule has 1 atom stereocenters. The first kappa shape index (κ1) is 14.9. The number of pyridine rings is 1. The molecule has 108 valence electrons. The minimum atomic E-state index is 0.225. The van der Waals surface area contributed by atoms with Crippen LogP contribution in [0.4, 0.5) is 0 Å². The smallest absolute Gasteiger partial charge is 0.0665 e. The van der Waals surface area contributed by atoms with Gasteiger partial charge in [-0.2, -0.15) is 0 Å². The van der Waals surface area contributed by atoms with E-state index >= 15 is 0 Å². The zero-order chi connectivity index (χ0) is 14.4. The van der Waals surface area contributed by atoms with E-state index < -0.39 is 0 Å². The number of nitrogens with zero attached hydrogens (tertiary/aromatic N) is 1. The van der Waals surface area contributed by atoms with E-state index in [1.807, 2.05) is 12.4 Å². The van der Waals surface area contributed by atoms with Gasteiger partial charge in [0, 0.05) is 17.8 Å². The van der Waals surface area contributed by atoms with E-state index in [9.17, 15) is 0 Å². The topological polar surface area (TPSA) is 34.1 Å². The number of ether oxygens (including phenoxy) is 1. The molecule has 0 spiro atoms. The number of hydrogen-bond acceptors (Lipinski definition) is 3. The molecule has 0 aliphatic carbocycles. The second-order valence-electron chi connectivity index (χ2n) is 5.33. The fraction of sp³-hybridized carbons (Fsp3) is 0.471. The zero-order valence-corrected chi connectivity index (χ0v) is 12.6. The summed E-state index contributed by atoms with van der Waals surface area (Å²) in [5.41, 5.74) is 1.29. The predicted octanol–water partition coefficient (Wildman–Crippen LogP) is 3.70. The molecule has 0 bridgehead atoms. The molecule has 1 aromatic heterocycles. The first-order valence-electron chi connectivity index (χ1n) is 7.40. The highest BCUT2D eigenvalue weighted by Crippen LogP contribution is 2.24. The van der Waals surface area contributed by atoms with Crippen molar-refractivity contribution in [3.05, 3.63) is 42.2 Å². The Labute approximate surface area is 121 Å². The molecule has 0 aliphatic rings. The van der Waals surface area contributed by atoms with Gasteiger partial charge in [0.05, 0.1) is 18.8 Å². The van der Waals surface area contributed by atoms with Gasteiger partial charge in [-0.1, -0.05) is 25.1 Å². The highest BCUT2D eigenvalue weighted by Gasteiger charge is 2.14. The van der Waals surface area contributed by atoms with E-state index in [4.69, 9.17) is 4.74 Å². The molecular formula is C17H24N2O. The number of rotatable bonds is 7. The monoisotopic (exact) mass is 272 g/mol. The molecule has 3 nitrogen and oxygen atoms in total. The second-order valence-corrected chi connectivity index (χ2v) is 5.33. The summed E-state index contributed by atoms with van der Waals surface area (Å²) in [5.74, 6) is 0. The predicted molar refractivity (Wildman–Crippen MR) is 83.9 cm³/mol. The minimum Gasteiger partial charge on any atom is -0.377 e. The number of nitrogens with one attached hydrogen (secondary N) is 1. The molecule has 0 amide bonds. The molecule has 0 saturated heterocycles. The summed E-state index contributed by atoms with van der Waals surface area (Å²) in [5, 5.41) is 6.02. The molecule has 2 rings (SSSR count). The Hall–Kier alpha value is -1.45. The quantitative estimate of drug-likeness (QED) is 0.834. The number of fused-ring (bicyclic) bond motifs is 1. The molecule has 1 N–H and O–H groups in total. The normalized spacial score (nSPS) is 13.0. The van der Waals surface area contributed by atoms with Crippen molar-refractivity contribution >= 4 is 10.8 Å². The summed E-state index contributed by atoms with van der Waals surface area (Å²) in [7, 11) is 0. The van der Waals surface area contributed by atoms with Gasteiger partial charge in [0.15, 0.2) is 0 Å². The van der Waals surface area contributed by atoms with Gasteiger partial charge in [-0.3, -0.25) is 4.98 Å². The molecule has 0 aliphatic heterocycles. The van der Waals surface area contributed by atoms with Gasteiger partial charge < -0.3 is 10.1 Å². The zero-order valence-electron chi connectivity index (χ0n) is 12.6. The summed E-state index contributed by atoms with van der Waals surface area (Å²) in [4.78, 5) is 4.20. The lowest BCUT2D eigenvalue weighted by Gasteiger charge is -2.22. The lowest BCUT2D eigenvalue weighted by Crippen LogP contribution is -2.27. The minimum absolute atomic E-state index is 0.225. The maximum absolute atomic E-state index is 5.83. The third kappa shape index (κ3) is 3.78. The highest BCUT2D eigenvalue weighted by atomic mass is 16.5. The molecule has 1 aromatic carbocycles. The summed E-state index contributed by atoms with van der Waals surface area (Å²) >= 11 is 0. The van der Waals surface area contributed by atoms with Gasteiger partial charge in [-0.25, -0.2) is 0 Å². The van der Waals surface area contributed by atoms with Crippen molar-refractivity contribution in [1.29, 1.82) is 0 Å². The van der Waals surface area contributed by atoms with Crippen LogP contribution in [0.3, 0.4) is 0 Å². The van der Waals surface area contributed by atoms with Gasteiger partial charge in [0.1, 0.15) is 0 Å². The van der Waals surface area contributed by atoms with Crippen LogP contribution >= 0.6 is 0 Å². The third-order valence-electron chi connectivity index (χ3n) is 3.33. The summed E-state index contributed by atoms with van der Waals surface area (Å²) in [6.45, 7) is 8.01. The number of aromatic nitrogens is 1. The maximum atomic E-state index is 5.83. The Bertz CT molecular complexity index is 534. The maximum Gasteiger partial charge on any atom is 0.0665 e. The Kier molecular flexibility index (Phi) is 5.50. The van der Waals surface area contributed by atoms with Crippen molar-refractivity contribution in [3.8, 4) is 0 Å². The van der Waals surface area contributed by atoms with Gasteiger partial charge in [0.2, 0.25) is 0 Å². The van der Waals surface area contributed by atoms with E-state index in [1.54, 1.807) is 0 Å². The van der Waals surface area contributed by atoms with Crippen LogP contribution in [0.15, 0.2) is 36.7 Å². The van der Waals surface area contributed by atoms with Crippen molar-refractivity contribution in [2.75, 3.05) is 13.2 Å². The molecule has 20 heavy (non-hydrogen) atoms. The van der Waals surface area contributed by atoms with Gasteiger partial charge in [0.25, 0.3) is 0 Å². The standard InChI is InChI=1S/C17H24N2O/c1-4-9-19-17(12-20-13(2)3)16-7-5-6-14-11-18-10-8-15(14)16/h5-8,10-11,13,17,19H,4,9,12H2,1-3H3. The van der Waals surface area contributed by atoms with Gasteiger partial charge in [-0.15, -0.1) is 0 Å². The Morgan fingerprint density at radius 1 is 1.25 bits per heavy atom. The van der Waals surface area contributed by atoms with E-state index in [-0.39, 0.29) is 12.1 Å². The summed E-state index contributed by atoms with van der Waals surface area (Å²) in [6, 6.07) is 8.69. The van der Waals surface area contributed by atoms with Crippen LogP contribution in [-0.4, -0.2) is 24.2 Å². The van der Waals surface area contributed by atoms with Gasteiger partial charge in [-0.05, 0) is 43.8 Å². The van der Waals surface area contributed by atoms with Crippen LogP contribution in [0.2, 0.25) is 0 Å². The Balaban J connectivity index is 2.29. The summed E-state index contributed by atoms with van der Waals surface area (Å²) < 4.78 is 5.83. The number of hydrogen-bond donors (Lipinski definition) is 1. The van der Waals surface area contributed by atoms with Gasteiger partial charge >= 0.3 is 0 Å². The Morgan fingerprint density at radius 3 is 2.85 bits per heavy atom. The molecule has 2 aromatic rings. The van der Waals surface area contributed by atoms with E-state index in [2.05, 4.69) is 55.3 Å². The highest BCUT2D eigenvalue weighted by molar-refractivity contribution is 5.85. The largest absolute Gasteiger partial charge is 0.377 e. The van der Waals surface area contributed by atoms with Crippen molar-refractivity contribution in [3.63, 3.8) is 0 Å². The van der Waals surface area contributed by atoms with Crippen LogP contribution in [0.5, 0.6) is 0 Å². The van der Waals surface area contributed by atoms with Crippen molar-refractivity contribution in [2.45, 2.75) is 39.3 Å². The molecular weight excluding hydrogens is 248 g/mol. The molecule has 0 fully saturated rings. The fourth-order valence-corrected chi connectivity index (χ4v) is 2.32. The molecule has 3 heteroatoms. The van der Waals surface area contributed by atoms with E-state index in [1.165, 1.54) is 16.3 Å². The van der Waals surface area contributed by atoms with Crippen molar-refractivity contribution in [1.82, 2.24) is 10.3 Å². The second kappa shape index (κ2) is 7.36. The molecule has 0 radical (unpaired) electrons. The lowest BCUT2D eigenvalue weighted by atomic mass is 10.0. The van der Waals surface area contributed by atoms with Crippen LogP contribution in [-0.2, 0) is 4.74 Å². The SMILES string of the molecule is CCCNC(COC(C)C)c1cccc2cnccc12. The van der Waals surface area contributed by atoms with Crippen LogP contribution in [0, 0.1) is 0 Å². The van der Waals surface area contributed by atoms with Crippen LogP contribution < -0.4 is 5.32 Å². The van der Waals surface area contributed by atoms with Crippen molar-refractivity contribution < 1.29 is 4.74 Å². The third-order valence-corrected chi connectivity index (χ3v) is 3.33. The first-order chi connectivity index (χ1) is 9.72. The van der Waals surface area contributed by atoms with E-state index in [0.29, 0.717) is 6.61 Å². The van der Waals surface area contributed by atoms with E-state index in [0.717, 1.165) is 13.0 Å². The summed E-state index contributed by atoms with van der Waals surface area (Å²) in [6.07, 6.45) is 5.13. The Morgan fingerprint density at radius 2 is 2.10 bits per heavy atom. The molecule has 0 saturated carbocycles.